The molecule has 0 unspecified atom stereocenters. The van der Waals surface area contributed by atoms with Crippen LogP contribution in [0.5, 0.6) is 0 Å². The van der Waals surface area contributed by atoms with E-state index in [0.717, 1.165) is 6.20 Å². The number of alkyl halides is 2. The normalized spacial score (nSPS) is 9.93. The Hall–Kier alpha value is -1.10. The van der Waals surface area contributed by atoms with E-state index in [2.05, 4.69) is 4.98 Å². The van der Waals surface area contributed by atoms with Crippen molar-refractivity contribution in [2.75, 3.05) is 0 Å². The average Bonchev–Trinajstić information content (AvgIpc) is 2.16. The van der Waals surface area contributed by atoms with Crippen molar-refractivity contribution in [3.63, 3.8) is 0 Å². The summed E-state index contributed by atoms with van der Waals surface area (Å²) in [6.45, 7) is 0. The zero-order valence-electron chi connectivity index (χ0n) is 6.67. The Morgan fingerprint density at radius 1 is 1.64 bits per heavy atom. The zero-order valence-corrected chi connectivity index (χ0v) is 8.83. The Bertz CT molecular complexity index is 415. The van der Waals surface area contributed by atoms with Gasteiger partial charge in [-0.2, -0.15) is 5.26 Å². The van der Waals surface area contributed by atoms with Gasteiger partial charge in [-0.3, -0.25) is 9.78 Å². The quantitative estimate of drug-likeness (QED) is 0.622. The highest BCUT2D eigenvalue weighted by Gasteiger charge is 2.18. The molecule has 1 rings (SSSR count). The van der Waals surface area contributed by atoms with E-state index in [4.69, 9.17) is 5.26 Å². The molecule has 0 aromatic carbocycles. The number of nitriles is 1. The largest absolute Gasteiger partial charge is 0.298 e. The lowest BCUT2D eigenvalue weighted by Gasteiger charge is -2.04. The van der Waals surface area contributed by atoms with Gasteiger partial charge in [0.2, 0.25) is 0 Å². The molecule has 0 spiro atoms. The molecule has 72 valence electrons. The standard InChI is InChI=1S/C8H3F2IN2O/c9-8(10)7-6(11)5(1-12)4(3-14)2-13-7/h2-3,8H. The van der Waals surface area contributed by atoms with Gasteiger partial charge in [0.25, 0.3) is 6.43 Å². The van der Waals surface area contributed by atoms with E-state index in [-0.39, 0.29) is 14.7 Å². The van der Waals surface area contributed by atoms with Crippen LogP contribution in [0.25, 0.3) is 0 Å². The highest BCUT2D eigenvalue weighted by atomic mass is 127. The first kappa shape index (κ1) is 11.0. The molecule has 0 aliphatic heterocycles. The molecule has 1 aromatic rings. The molecule has 0 bridgehead atoms. The summed E-state index contributed by atoms with van der Waals surface area (Å²) >= 11 is 1.58. The molecule has 0 amide bonds. The monoisotopic (exact) mass is 308 g/mol. The summed E-state index contributed by atoms with van der Waals surface area (Å²) in [4.78, 5) is 13.9. The molecule has 0 saturated heterocycles. The zero-order chi connectivity index (χ0) is 10.7. The van der Waals surface area contributed by atoms with Gasteiger partial charge in [-0.1, -0.05) is 0 Å². The molecule has 1 aromatic heterocycles. The van der Waals surface area contributed by atoms with Crippen molar-refractivity contribution in [2.24, 2.45) is 0 Å². The predicted octanol–water partition coefficient (Wildman–Crippen LogP) is 2.31. The third-order valence-electron chi connectivity index (χ3n) is 1.52. The number of nitrogens with zero attached hydrogens (tertiary/aromatic N) is 2. The van der Waals surface area contributed by atoms with Crippen LogP contribution in [0.15, 0.2) is 6.20 Å². The number of hydrogen-bond acceptors (Lipinski definition) is 3. The van der Waals surface area contributed by atoms with E-state index in [1.54, 1.807) is 28.7 Å². The maximum atomic E-state index is 12.3. The minimum Gasteiger partial charge on any atom is -0.298 e. The topological polar surface area (TPSA) is 53.8 Å². The maximum Gasteiger partial charge on any atom is 0.281 e. The van der Waals surface area contributed by atoms with Crippen LogP contribution in [0.4, 0.5) is 8.78 Å². The minimum atomic E-state index is -2.74. The molecule has 0 fully saturated rings. The molecule has 0 aliphatic carbocycles. The first-order valence-corrected chi connectivity index (χ1v) is 4.51. The number of pyridine rings is 1. The van der Waals surface area contributed by atoms with Gasteiger partial charge < -0.3 is 0 Å². The second-order valence-electron chi connectivity index (χ2n) is 2.32. The van der Waals surface area contributed by atoms with Crippen LogP contribution in [0.1, 0.15) is 28.0 Å². The summed E-state index contributed by atoms with van der Waals surface area (Å²) in [5.41, 5.74) is -0.486. The summed E-state index contributed by atoms with van der Waals surface area (Å²) in [5, 5.41) is 8.65. The van der Waals surface area contributed by atoms with E-state index < -0.39 is 12.1 Å². The van der Waals surface area contributed by atoms with Gasteiger partial charge >= 0.3 is 0 Å². The number of carbonyl (C=O) groups excluding carboxylic acids is 1. The van der Waals surface area contributed by atoms with Crippen molar-refractivity contribution in [3.8, 4) is 6.07 Å². The van der Waals surface area contributed by atoms with Gasteiger partial charge in [0.1, 0.15) is 11.8 Å². The fourth-order valence-electron chi connectivity index (χ4n) is 0.870. The Morgan fingerprint density at radius 3 is 2.71 bits per heavy atom. The van der Waals surface area contributed by atoms with E-state index in [0.29, 0.717) is 6.29 Å². The molecule has 0 saturated carbocycles. The minimum absolute atomic E-state index is 0.0290. The molecule has 0 atom stereocenters. The molecule has 14 heavy (non-hydrogen) atoms. The third-order valence-corrected chi connectivity index (χ3v) is 2.61. The van der Waals surface area contributed by atoms with Gasteiger partial charge in [-0.05, 0) is 22.6 Å². The SMILES string of the molecule is N#Cc1c(C=O)cnc(C(F)F)c1I. The molecule has 3 nitrogen and oxygen atoms in total. The molecule has 0 N–H and O–H groups in total. The average molecular weight is 308 g/mol. The predicted molar refractivity (Wildman–Crippen MR) is 52.0 cm³/mol. The first-order valence-electron chi connectivity index (χ1n) is 3.43. The third kappa shape index (κ3) is 1.87. The van der Waals surface area contributed by atoms with Crippen molar-refractivity contribution < 1.29 is 13.6 Å². The number of hydrogen-bond donors (Lipinski definition) is 0. The highest BCUT2D eigenvalue weighted by molar-refractivity contribution is 14.1. The Morgan fingerprint density at radius 2 is 2.29 bits per heavy atom. The van der Waals surface area contributed by atoms with Crippen LogP contribution in [-0.2, 0) is 0 Å². The number of halogens is 3. The van der Waals surface area contributed by atoms with Gasteiger partial charge in [0.15, 0.2) is 6.29 Å². The molecule has 0 radical (unpaired) electrons. The number of aldehydes is 1. The number of aromatic nitrogens is 1. The van der Waals surface area contributed by atoms with Crippen molar-refractivity contribution in [1.29, 1.82) is 5.26 Å². The summed E-state index contributed by atoms with van der Waals surface area (Å²) in [6.07, 6.45) is -1.34. The lowest BCUT2D eigenvalue weighted by atomic mass is 10.1. The second kappa shape index (κ2) is 4.41. The van der Waals surface area contributed by atoms with E-state index in [9.17, 15) is 13.6 Å². The second-order valence-corrected chi connectivity index (χ2v) is 3.40. The summed E-state index contributed by atoms with van der Waals surface area (Å²) in [7, 11) is 0. The first-order chi connectivity index (χ1) is 6.61. The Labute approximate surface area is 91.9 Å². The van der Waals surface area contributed by atoms with Crippen molar-refractivity contribution in [2.45, 2.75) is 6.43 Å². The molecule has 6 heteroatoms. The van der Waals surface area contributed by atoms with Crippen molar-refractivity contribution in [1.82, 2.24) is 4.98 Å². The van der Waals surface area contributed by atoms with Crippen LogP contribution < -0.4 is 0 Å². The lowest BCUT2D eigenvalue weighted by molar-refractivity contribution is 0.112. The van der Waals surface area contributed by atoms with Crippen LogP contribution in [-0.4, -0.2) is 11.3 Å². The van der Waals surface area contributed by atoms with Gasteiger partial charge in [0.05, 0.1) is 14.7 Å². The highest BCUT2D eigenvalue weighted by Crippen LogP contribution is 2.25. The van der Waals surface area contributed by atoms with Gasteiger partial charge in [-0.25, -0.2) is 8.78 Å². The maximum absolute atomic E-state index is 12.3. The van der Waals surface area contributed by atoms with Crippen LogP contribution in [0, 0.1) is 14.9 Å². The molecule has 1 heterocycles. The summed E-state index contributed by atoms with van der Waals surface area (Å²) in [6, 6.07) is 1.70. The van der Waals surface area contributed by atoms with E-state index >= 15 is 0 Å². The number of rotatable bonds is 2. The summed E-state index contributed by atoms with van der Waals surface area (Å²) < 4.78 is 24.7. The van der Waals surface area contributed by atoms with E-state index in [1.165, 1.54) is 0 Å². The molecular weight excluding hydrogens is 305 g/mol. The van der Waals surface area contributed by atoms with Gasteiger partial charge in [0, 0.05) is 6.20 Å². The fraction of sp³-hybridized carbons (Fsp3) is 0.125. The summed E-state index contributed by atoms with van der Waals surface area (Å²) in [5.74, 6) is 0. The van der Waals surface area contributed by atoms with Crippen molar-refractivity contribution >= 4 is 28.9 Å². The van der Waals surface area contributed by atoms with Crippen LogP contribution >= 0.6 is 22.6 Å². The fourth-order valence-corrected chi connectivity index (χ4v) is 1.68. The van der Waals surface area contributed by atoms with Crippen molar-refractivity contribution in [3.05, 3.63) is 26.6 Å². The van der Waals surface area contributed by atoms with Crippen LogP contribution in [0.2, 0.25) is 0 Å². The molecule has 0 aliphatic rings. The van der Waals surface area contributed by atoms with Gasteiger partial charge in [-0.15, -0.1) is 0 Å². The number of carbonyl (C=O) groups is 1. The smallest absolute Gasteiger partial charge is 0.281 e. The Kier molecular flexibility index (Phi) is 3.46. The lowest BCUT2D eigenvalue weighted by Crippen LogP contribution is -2.01. The van der Waals surface area contributed by atoms with E-state index in [1.807, 2.05) is 0 Å². The Balaban J connectivity index is 3.44. The van der Waals surface area contributed by atoms with Crippen LogP contribution in [0.3, 0.4) is 0 Å². The molecular formula is C8H3F2IN2O.